The number of aryl methyl sites for hydroxylation is 2. The van der Waals surface area contributed by atoms with E-state index in [1.807, 2.05) is 26.0 Å². The van der Waals surface area contributed by atoms with E-state index in [2.05, 4.69) is 30.3 Å². The molecule has 1 aromatic rings. The van der Waals surface area contributed by atoms with Crippen molar-refractivity contribution in [3.8, 4) is 5.75 Å². The number of piperidine rings is 1. The molecular weight excluding hydrogens is 276 g/mol. The van der Waals surface area contributed by atoms with Crippen LogP contribution in [0.25, 0.3) is 0 Å². The number of carbonyl (C=O) groups excluding carboxylic acids is 1. The molecule has 1 atom stereocenters. The first-order valence-corrected chi connectivity index (χ1v) is 8.22. The lowest BCUT2D eigenvalue weighted by molar-refractivity contribution is -0.129. The Bertz CT molecular complexity index is 508. The molecule has 1 unspecified atom stereocenters. The molecule has 2 rings (SSSR count). The van der Waals surface area contributed by atoms with Crippen LogP contribution in [0.4, 0.5) is 0 Å². The van der Waals surface area contributed by atoms with Crippen molar-refractivity contribution in [2.24, 2.45) is 0 Å². The molecule has 1 heterocycles. The summed E-state index contributed by atoms with van der Waals surface area (Å²) >= 11 is 0. The summed E-state index contributed by atoms with van der Waals surface area (Å²) in [5, 5.41) is 3.15. The van der Waals surface area contributed by atoms with Crippen LogP contribution in [-0.4, -0.2) is 43.1 Å². The van der Waals surface area contributed by atoms with Gasteiger partial charge in [-0.25, -0.2) is 0 Å². The normalized spacial score (nSPS) is 18.0. The Balaban J connectivity index is 1.94. The van der Waals surface area contributed by atoms with Crippen LogP contribution in [0.2, 0.25) is 0 Å². The Hall–Kier alpha value is -1.55. The van der Waals surface area contributed by atoms with E-state index in [1.54, 1.807) is 0 Å². The highest BCUT2D eigenvalue weighted by Gasteiger charge is 2.24. The minimum Gasteiger partial charge on any atom is -0.480 e. The SMILES string of the molecule is CCC(Oc1ccc(C)cc1C)C(=O)NC1CCN(C)CC1. The van der Waals surface area contributed by atoms with Crippen molar-refractivity contribution < 1.29 is 9.53 Å². The molecule has 1 amide bonds. The largest absolute Gasteiger partial charge is 0.480 e. The van der Waals surface area contributed by atoms with Crippen LogP contribution >= 0.6 is 0 Å². The maximum absolute atomic E-state index is 12.5. The number of ether oxygens (including phenoxy) is 1. The first-order valence-electron chi connectivity index (χ1n) is 8.22. The molecule has 4 nitrogen and oxygen atoms in total. The number of carbonyl (C=O) groups is 1. The van der Waals surface area contributed by atoms with Gasteiger partial charge in [0.1, 0.15) is 5.75 Å². The van der Waals surface area contributed by atoms with Crippen LogP contribution in [0.15, 0.2) is 18.2 Å². The summed E-state index contributed by atoms with van der Waals surface area (Å²) in [6, 6.07) is 6.33. The maximum atomic E-state index is 12.5. The van der Waals surface area contributed by atoms with E-state index in [0.717, 1.165) is 37.2 Å². The summed E-state index contributed by atoms with van der Waals surface area (Å²) in [6.07, 6.45) is 2.29. The predicted molar refractivity (Wildman–Crippen MR) is 89.3 cm³/mol. The second kappa shape index (κ2) is 7.63. The Morgan fingerprint density at radius 3 is 2.64 bits per heavy atom. The van der Waals surface area contributed by atoms with Crippen molar-refractivity contribution in [3.63, 3.8) is 0 Å². The summed E-state index contributed by atoms with van der Waals surface area (Å²) in [4.78, 5) is 14.8. The molecule has 0 aromatic heterocycles. The molecule has 0 radical (unpaired) electrons. The van der Waals surface area contributed by atoms with Gasteiger partial charge in [0.05, 0.1) is 0 Å². The van der Waals surface area contributed by atoms with E-state index in [0.29, 0.717) is 6.42 Å². The van der Waals surface area contributed by atoms with Crippen molar-refractivity contribution in [2.75, 3.05) is 20.1 Å². The molecular formula is C18H28N2O2. The van der Waals surface area contributed by atoms with Gasteiger partial charge < -0.3 is 15.0 Å². The minimum absolute atomic E-state index is 0.0111. The van der Waals surface area contributed by atoms with Gasteiger partial charge >= 0.3 is 0 Å². The molecule has 1 aliphatic rings. The molecule has 22 heavy (non-hydrogen) atoms. The number of nitrogens with one attached hydrogen (secondary N) is 1. The van der Waals surface area contributed by atoms with Crippen LogP contribution in [0.5, 0.6) is 5.75 Å². The van der Waals surface area contributed by atoms with E-state index in [9.17, 15) is 4.79 Å². The highest BCUT2D eigenvalue weighted by molar-refractivity contribution is 5.81. The van der Waals surface area contributed by atoms with Gasteiger partial charge in [0.2, 0.25) is 0 Å². The number of likely N-dealkylation sites (tertiary alicyclic amines) is 1. The van der Waals surface area contributed by atoms with E-state index in [1.165, 1.54) is 5.56 Å². The van der Waals surface area contributed by atoms with Gasteiger partial charge in [-0.3, -0.25) is 4.79 Å². The molecule has 0 bridgehead atoms. The number of rotatable bonds is 5. The summed E-state index contributed by atoms with van der Waals surface area (Å²) in [5.41, 5.74) is 2.28. The fourth-order valence-corrected chi connectivity index (χ4v) is 2.85. The third-order valence-corrected chi connectivity index (χ3v) is 4.33. The molecule has 1 fully saturated rings. The number of nitrogens with zero attached hydrogens (tertiary/aromatic N) is 1. The van der Waals surface area contributed by atoms with Gasteiger partial charge in [0.25, 0.3) is 5.91 Å². The average molecular weight is 304 g/mol. The predicted octanol–water partition coefficient (Wildman–Crippen LogP) is 2.67. The lowest BCUT2D eigenvalue weighted by Gasteiger charge is -2.30. The lowest BCUT2D eigenvalue weighted by Crippen LogP contribution is -2.47. The van der Waals surface area contributed by atoms with Gasteiger partial charge in [-0.2, -0.15) is 0 Å². The maximum Gasteiger partial charge on any atom is 0.261 e. The van der Waals surface area contributed by atoms with E-state index >= 15 is 0 Å². The highest BCUT2D eigenvalue weighted by Crippen LogP contribution is 2.21. The number of benzene rings is 1. The number of hydrogen-bond acceptors (Lipinski definition) is 3. The Labute approximate surface area is 133 Å². The lowest BCUT2D eigenvalue weighted by atomic mass is 10.0. The third-order valence-electron chi connectivity index (χ3n) is 4.33. The second-order valence-corrected chi connectivity index (χ2v) is 6.37. The minimum atomic E-state index is -0.416. The average Bonchev–Trinajstić information content (AvgIpc) is 2.49. The molecule has 122 valence electrons. The first kappa shape index (κ1) is 16.8. The summed E-state index contributed by atoms with van der Waals surface area (Å²) in [6.45, 7) is 8.15. The van der Waals surface area contributed by atoms with Gasteiger partial charge in [-0.1, -0.05) is 24.6 Å². The van der Waals surface area contributed by atoms with Crippen LogP contribution in [-0.2, 0) is 4.79 Å². The van der Waals surface area contributed by atoms with Crippen LogP contribution < -0.4 is 10.1 Å². The smallest absolute Gasteiger partial charge is 0.261 e. The molecule has 1 aliphatic heterocycles. The van der Waals surface area contributed by atoms with Gasteiger partial charge in [-0.15, -0.1) is 0 Å². The zero-order valence-corrected chi connectivity index (χ0v) is 14.2. The fraction of sp³-hybridized carbons (Fsp3) is 0.611. The van der Waals surface area contributed by atoms with Crippen molar-refractivity contribution in [1.29, 1.82) is 0 Å². The molecule has 0 spiro atoms. The van der Waals surface area contributed by atoms with Gasteiger partial charge in [0, 0.05) is 6.04 Å². The Morgan fingerprint density at radius 2 is 2.05 bits per heavy atom. The fourth-order valence-electron chi connectivity index (χ4n) is 2.85. The molecule has 0 aliphatic carbocycles. The zero-order chi connectivity index (χ0) is 16.1. The van der Waals surface area contributed by atoms with E-state index in [-0.39, 0.29) is 11.9 Å². The van der Waals surface area contributed by atoms with Crippen LogP contribution in [0.1, 0.15) is 37.3 Å². The van der Waals surface area contributed by atoms with Gasteiger partial charge in [-0.05, 0) is 64.9 Å². The van der Waals surface area contributed by atoms with E-state index < -0.39 is 6.10 Å². The summed E-state index contributed by atoms with van der Waals surface area (Å²) in [7, 11) is 2.12. The summed E-state index contributed by atoms with van der Waals surface area (Å²) < 4.78 is 5.95. The second-order valence-electron chi connectivity index (χ2n) is 6.37. The first-order chi connectivity index (χ1) is 10.5. The van der Waals surface area contributed by atoms with Crippen LogP contribution in [0, 0.1) is 13.8 Å². The number of hydrogen-bond donors (Lipinski definition) is 1. The monoisotopic (exact) mass is 304 g/mol. The Kier molecular flexibility index (Phi) is 5.83. The van der Waals surface area contributed by atoms with Gasteiger partial charge in [0.15, 0.2) is 6.10 Å². The molecule has 0 saturated carbocycles. The van der Waals surface area contributed by atoms with E-state index in [4.69, 9.17) is 4.74 Å². The van der Waals surface area contributed by atoms with Crippen molar-refractivity contribution >= 4 is 5.91 Å². The molecule has 1 saturated heterocycles. The van der Waals surface area contributed by atoms with Crippen LogP contribution in [0.3, 0.4) is 0 Å². The topological polar surface area (TPSA) is 41.6 Å². The molecule has 1 N–H and O–H groups in total. The van der Waals surface area contributed by atoms with Crippen molar-refractivity contribution in [3.05, 3.63) is 29.3 Å². The third kappa shape index (κ3) is 4.47. The highest BCUT2D eigenvalue weighted by atomic mass is 16.5. The standard InChI is InChI=1S/C18H28N2O2/c1-5-16(22-17-7-6-13(2)12-14(17)3)18(21)19-15-8-10-20(4)11-9-15/h6-7,12,15-16H,5,8-11H2,1-4H3,(H,19,21). The number of amides is 1. The molecule has 1 aromatic carbocycles. The molecule has 4 heteroatoms. The summed E-state index contributed by atoms with van der Waals surface area (Å²) in [5.74, 6) is 0.813. The Morgan fingerprint density at radius 1 is 1.36 bits per heavy atom. The van der Waals surface area contributed by atoms with Crippen molar-refractivity contribution in [2.45, 2.75) is 52.2 Å². The zero-order valence-electron chi connectivity index (χ0n) is 14.2. The quantitative estimate of drug-likeness (QED) is 0.909. The van der Waals surface area contributed by atoms with Crippen molar-refractivity contribution in [1.82, 2.24) is 10.2 Å².